The summed E-state index contributed by atoms with van der Waals surface area (Å²) in [5.74, 6) is -4.30. The zero-order chi connectivity index (χ0) is 29.0. The molecule has 0 atom stereocenters. The molecule has 39 heavy (non-hydrogen) atoms. The molecular weight excluding hydrogens is 515 g/mol. The Morgan fingerprint density at radius 2 is 1.49 bits per heavy atom. The predicted octanol–water partition coefficient (Wildman–Crippen LogP) is 6.18. The molecule has 10 heteroatoms. The van der Waals surface area contributed by atoms with Gasteiger partial charge in [-0.25, -0.2) is 4.79 Å². The second-order valence-corrected chi connectivity index (χ2v) is 9.95. The van der Waals surface area contributed by atoms with E-state index in [-0.39, 0.29) is 30.5 Å². The van der Waals surface area contributed by atoms with Crippen LogP contribution in [0.2, 0.25) is 0 Å². The first-order valence-electron chi connectivity index (χ1n) is 12.0. The maximum atomic E-state index is 12.7. The van der Waals surface area contributed by atoms with Gasteiger partial charge in [0.25, 0.3) is 0 Å². The second-order valence-electron chi connectivity index (χ2n) is 9.95. The van der Waals surface area contributed by atoms with Crippen molar-refractivity contribution in [2.45, 2.75) is 51.9 Å². The van der Waals surface area contributed by atoms with Crippen molar-refractivity contribution in [3.63, 3.8) is 0 Å². The number of aryl methyl sites for hydroxylation is 1. The van der Waals surface area contributed by atoms with Crippen LogP contribution in [0.1, 0.15) is 43.9 Å². The van der Waals surface area contributed by atoms with Gasteiger partial charge in [0, 0.05) is 12.1 Å². The van der Waals surface area contributed by atoms with Crippen LogP contribution in [0.3, 0.4) is 0 Å². The van der Waals surface area contributed by atoms with E-state index in [1.54, 1.807) is 6.07 Å². The van der Waals surface area contributed by atoms with Gasteiger partial charge in [-0.3, -0.25) is 14.5 Å². The van der Waals surface area contributed by atoms with Crippen LogP contribution in [0.15, 0.2) is 66.7 Å². The van der Waals surface area contributed by atoms with E-state index in [2.05, 4.69) is 25.5 Å². The molecule has 0 unspecified atom stereocenters. The molecule has 3 rings (SSSR count). The number of carboxylic acid groups (broad SMARTS) is 2. The summed E-state index contributed by atoms with van der Waals surface area (Å²) in [5, 5.41) is 18.7. The third-order valence-corrected chi connectivity index (χ3v) is 6.00. The Bertz CT molecular complexity index is 1340. The fraction of sp³-hybridized carbons (Fsp3) is 0.276. The highest BCUT2D eigenvalue weighted by atomic mass is 19.4. The van der Waals surface area contributed by atoms with E-state index in [9.17, 15) is 37.8 Å². The Kier molecular flexibility index (Phi) is 8.68. The smallest absolute Gasteiger partial charge is 0.481 e. The molecule has 0 spiro atoms. The molecule has 0 saturated heterocycles. The van der Waals surface area contributed by atoms with Crippen molar-refractivity contribution in [3.8, 4) is 16.9 Å². The summed E-state index contributed by atoms with van der Waals surface area (Å²) in [5.41, 5.74) is 3.39. The van der Waals surface area contributed by atoms with Gasteiger partial charge in [-0.2, -0.15) is 0 Å². The summed E-state index contributed by atoms with van der Waals surface area (Å²) in [6, 6.07) is 17.1. The van der Waals surface area contributed by atoms with Crippen LogP contribution in [0.5, 0.6) is 5.75 Å². The van der Waals surface area contributed by atoms with Gasteiger partial charge in [0.1, 0.15) is 5.75 Å². The highest BCUT2D eigenvalue weighted by Crippen LogP contribution is 2.32. The van der Waals surface area contributed by atoms with Crippen LogP contribution in [-0.4, -0.2) is 34.4 Å². The third-order valence-electron chi connectivity index (χ3n) is 6.00. The first-order valence-corrected chi connectivity index (χ1v) is 12.0. The van der Waals surface area contributed by atoms with Crippen LogP contribution in [0.4, 0.5) is 18.9 Å². The number of carboxylic acids is 2. The van der Waals surface area contributed by atoms with Crippen molar-refractivity contribution in [2.24, 2.45) is 0 Å². The molecule has 0 fully saturated rings. The molecule has 0 aliphatic heterocycles. The van der Waals surface area contributed by atoms with Gasteiger partial charge in [0.05, 0.1) is 6.54 Å². The number of hydrogen-bond acceptors (Lipinski definition) is 4. The number of carbonyl (C=O) groups excluding carboxylic acids is 1. The van der Waals surface area contributed by atoms with Crippen molar-refractivity contribution in [2.75, 3.05) is 4.90 Å². The van der Waals surface area contributed by atoms with Gasteiger partial charge >= 0.3 is 24.2 Å². The van der Waals surface area contributed by atoms with E-state index in [1.165, 1.54) is 24.3 Å². The van der Waals surface area contributed by atoms with Gasteiger partial charge in [0.2, 0.25) is 0 Å². The fourth-order valence-electron chi connectivity index (χ4n) is 4.00. The van der Waals surface area contributed by atoms with Crippen LogP contribution in [0.25, 0.3) is 11.1 Å². The van der Waals surface area contributed by atoms with E-state index in [0.29, 0.717) is 22.3 Å². The topological polar surface area (TPSA) is 104 Å². The molecule has 3 aromatic carbocycles. The fourth-order valence-corrected chi connectivity index (χ4v) is 4.00. The maximum absolute atomic E-state index is 12.7. The van der Waals surface area contributed by atoms with Crippen LogP contribution in [0, 0.1) is 0 Å². The van der Waals surface area contributed by atoms with Gasteiger partial charge in [-0.1, -0.05) is 63.2 Å². The maximum Gasteiger partial charge on any atom is 0.573 e. The molecule has 206 valence electrons. The number of carbonyl (C=O) groups is 3. The molecule has 3 aromatic rings. The normalized spacial score (nSPS) is 11.6. The van der Waals surface area contributed by atoms with E-state index in [4.69, 9.17) is 0 Å². The summed E-state index contributed by atoms with van der Waals surface area (Å²) in [4.78, 5) is 36.7. The molecule has 0 aliphatic carbocycles. The summed E-state index contributed by atoms with van der Waals surface area (Å²) in [6.07, 6.45) is -5.06. The number of anilines is 1. The first kappa shape index (κ1) is 29.2. The number of hydrogen-bond donors (Lipinski definition) is 2. The largest absolute Gasteiger partial charge is 0.573 e. The molecule has 0 saturated carbocycles. The summed E-state index contributed by atoms with van der Waals surface area (Å²) < 4.78 is 41.5. The van der Waals surface area contributed by atoms with Crippen molar-refractivity contribution in [3.05, 3.63) is 83.4 Å². The van der Waals surface area contributed by atoms with Crippen molar-refractivity contribution in [1.29, 1.82) is 0 Å². The Hall–Kier alpha value is -4.34. The number of aliphatic carboxylic acids is 2. The number of nitrogens with zero attached hydrogens (tertiary/aromatic N) is 1. The monoisotopic (exact) mass is 543 g/mol. The first-order chi connectivity index (χ1) is 18.1. The van der Waals surface area contributed by atoms with E-state index < -0.39 is 30.0 Å². The standard InChI is InChI=1S/C29H28F3NO6/c1-28(2,3)21-9-4-18(5-10-21)17-33(26(36)27(37)38)22-11-14-24(20(16-22)8-15-25(34)35)19-6-12-23(13-7-19)39-29(30,31)32/h4-7,9-14,16H,8,15,17H2,1-3H3,(H,34,35)(H,37,38). The summed E-state index contributed by atoms with van der Waals surface area (Å²) >= 11 is 0. The van der Waals surface area contributed by atoms with Gasteiger partial charge in [-0.05, 0) is 63.9 Å². The lowest BCUT2D eigenvalue weighted by Crippen LogP contribution is -2.36. The highest BCUT2D eigenvalue weighted by molar-refractivity contribution is 6.37. The molecular formula is C29H28F3NO6. The predicted molar refractivity (Wildman–Crippen MR) is 138 cm³/mol. The lowest BCUT2D eigenvalue weighted by Gasteiger charge is -2.24. The van der Waals surface area contributed by atoms with Gasteiger partial charge < -0.3 is 14.9 Å². The molecule has 1 amide bonds. The highest BCUT2D eigenvalue weighted by Gasteiger charge is 2.31. The van der Waals surface area contributed by atoms with Crippen LogP contribution < -0.4 is 9.64 Å². The minimum absolute atomic E-state index is 0.0364. The van der Waals surface area contributed by atoms with Gasteiger partial charge in [0.15, 0.2) is 0 Å². The van der Waals surface area contributed by atoms with E-state index in [1.807, 2.05) is 24.3 Å². The SMILES string of the molecule is CC(C)(C)c1ccc(CN(C(=O)C(=O)O)c2ccc(-c3ccc(OC(F)(F)F)cc3)c(CCC(=O)O)c2)cc1. The average Bonchev–Trinajstić information content (AvgIpc) is 2.85. The number of rotatable bonds is 8. The molecule has 0 aromatic heterocycles. The van der Waals surface area contributed by atoms with Gasteiger partial charge in [-0.15, -0.1) is 13.2 Å². The third kappa shape index (κ3) is 8.07. The molecule has 0 heterocycles. The number of amides is 1. The molecule has 2 N–H and O–H groups in total. The van der Waals surface area contributed by atoms with E-state index in [0.717, 1.165) is 22.6 Å². The van der Waals surface area contributed by atoms with Crippen LogP contribution >= 0.6 is 0 Å². The minimum atomic E-state index is -4.84. The Morgan fingerprint density at radius 1 is 0.872 bits per heavy atom. The quantitative estimate of drug-likeness (QED) is 0.329. The zero-order valence-corrected chi connectivity index (χ0v) is 21.6. The van der Waals surface area contributed by atoms with E-state index >= 15 is 0 Å². The average molecular weight is 544 g/mol. The van der Waals surface area contributed by atoms with Crippen molar-refractivity contribution < 1.29 is 42.5 Å². The Balaban J connectivity index is 2.00. The summed E-state index contributed by atoms with van der Waals surface area (Å²) in [6.45, 7) is 6.12. The lowest BCUT2D eigenvalue weighted by atomic mass is 9.87. The Morgan fingerprint density at radius 3 is 2.00 bits per heavy atom. The number of benzene rings is 3. The second kappa shape index (κ2) is 11.6. The van der Waals surface area contributed by atoms with Crippen molar-refractivity contribution in [1.82, 2.24) is 0 Å². The summed E-state index contributed by atoms with van der Waals surface area (Å²) in [7, 11) is 0. The van der Waals surface area contributed by atoms with Crippen molar-refractivity contribution >= 4 is 23.5 Å². The molecule has 0 aliphatic rings. The Labute approximate surface area is 223 Å². The molecule has 7 nitrogen and oxygen atoms in total. The number of ether oxygens (including phenoxy) is 1. The molecule has 0 radical (unpaired) electrons. The number of halogens is 3. The minimum Gasteiger partial charge on any atom is -0.481 e. The van der Waals surface area contributed by atoms with Crippen LogP contribution in [-0.2, 0) is 32.8 Å². The molecule has 0 bridgehead atoms. The zero-order valence-electron chi connectivity index (χ0n) is 21.6. The number of alkyl halides is 3. The lowest BCUT2D eigenvalue weighted by molar-refractivity contribution is -0.274.